The fourth-order valence-electron chi connectivity index (χ4n) is 3.21. The van der Waals surface area contributed by atoms with Gasteiger partial charge in [0.05, 0.1) is 26.0 Å². The van der Waals surface area contributed by atoms with E-state index in [-0.39, 0.29) is 5.91 Å². The van der Waals surface area contributed by atoms with Crippen LogP contribution in [-0.2, 0) is 6.54 Å². The number of benzene rings is 1. The van der Waals surface area contributed by atoms with Crippen molar-refractivity contribution in [1.29, 1.82) is 0 Å². The predicted molar refractivity (Wildman–Crippen MR) is 96.6 cm³/mol. The summed E-state index contributed by atoms with van der Waals surface area (Å²) in [6.45, 7) is 4.20. The summed E-state index contributed by atoms with van der Waals surface area (Å²) in [6.07, 6.45) is 1.99. The third kappa shape index (κ3) is 3.80. The van der Waals surface area contributed by atoms with Crippen LogP contribution in [0.3, 0.4) is 0 Å². The zero-order chi connectivity index (χ0) is 18.5. The maximum absolute atomic E-state index is 12.5. The molecule has 1 aromatic heterocycles. The van der Waals surface area contributed by atoms with Gasteiger partial charge in [0, 0.05) is 6.54 Å². The van der Waals surface area contributed by atoms with E-state index < -0.39 is 0 Å². The van der Waals surface area contributed by atoms with Crippen molar-refractivity contribution >= 4 is 5.91 Å². The first-order chi connectivity index (χ1) is 12.6. The lowest BCUT2D eigenvalue weighted by Gasteiger charge is -2.23. The molecule has 1 amide bonds. The number of rotatable bonds is 6. The number of carbonyl (C=O) groups excluding carboxylic acids is 1. The van der Waals surface area contributed by atoms with Crippen LogP contribution in [0.4, 0.5) is 0 Å². The van der Waals surface area contributed by atoms with Gasteiger partial charge in [0.2, 0.25) is 0 Å². The number of hydrogen-bond donors (Lipinski definition) is 2. The van der Waals surface area contributed by atoms with Gasteiger partial charge in [0.1, 0.15) is 0 Å². The molecule has 1 saturated heterocycles. The fourth-order valence-corrected chi connectivity index (χ4v) is 3.21. The summed E-state index contributed by atoms with van der Waals surface area (Å²) < 4.78 is 12.4. The molecule has 2 N–H and O–H groups in total. The average molecular weight is 359 g/mol. The number of nitrogens with one attached hydrogen (secondary N) is 2. The second kappa shape index (κ2) is 8.18. The Labute approximate surface area is 152 Å². The van der Waals surface area contributed by atoms with Crippen molar-refractivity contribution in [2.45, 2.75) is 32.4 Å². The second-order valence-electron chi connectivity index (χ2n) is 6.32. The Balaban J connectivity index is 1.66. The zero-order valence-corrected chi connectivity index (χ0v) is 15.4. The molecule has 3 rings (SSSR count). The standard InChI is InChI=1S/C18H25N5O3/c1-12-17(21-22-23(12)14-6-8-19-9-7-14)18(24)20-11-13-4-5-15(25-2)16(10-13)26-3/h4-5,10,14,19H,6-9,11H2,1-3H3,(H,20,24). The number of amides is 1. The van der Waals surface area contributed by atoms with E-state index in [1.165, 1.54) is 0 Å². The number of piperidine rings is 1. The minimum Gasteiger partial charge on any atom is -0.493 e. The summed E-state index contributed by atoms with van der Waals surface area (Å²) >= 11 is 0. The monoisotopic (exact) mass is 359 g/mol. The number of carbonyl (C=O) groups is 1. The molecule has 0 spiro atoms. The lowest BCUT2D eigenvalue weighted by Crippen LogP contribution is -2.30. The average Bonchev–Trinajstić information content (AvgIpc) is 3.08. The molecule has 1 aliphatic heterocycles. The zero-order valence-electron chi connectivity index (χ0n) is 15.4. The van der Waals surface area contributed by atoms with E-state index in [9.17, 15) is 4.79 Å². The molecule has 140 valence electrons. The Morgan fingerprint density at radius 1 is 1.27 bits per heavy atom. The highest BCUT2D eigenvalue weighted by molar-refractivity contribution is 5.93. The van der Waals surface area contributed by atoms with Crippen LogP contribution < -0.4 is 20.1 Å². The first kappa shape index (κ1) is 18.2. The predicted octanol–water partition coefficient (Wildman–Crippen LogP) is 1.46. The largest absolute Gasteiger partial charge is 0.493 e. The molecule has 0 saturated carbocycles. The van der Waals surface area contributed by atoms with Crippen LogP contribution in [0.15, 0.2) is 18.2 Å². The van der Waals surface area contributed by atoms with Gasteiger partial charge in [0.15, 0.2) is 17.2 Å². The van der Waals surface area contributed by atoms with E-state index >= 15 is 0 Å². The lowest BCUT2D eigenvalue weighted by atomic mass is 10.1. The first-order valence-corrected chi connectivity index (χ1v) is 8.75. The number of aromatic nitrogens is 3. The molecule has 8 nitrogen and oxygen atoms in total. The van der Waals surface area contributed by atoms with Gasteiger partial charge >= 0.3 is 0 Å². The molecule has 8 heteroatoms. The van der Waals surface area contributed by atoms with E-state index in [0.29, 0.717) is 29.8 Å². The summed E-state index contributed by atoms with van der Waals surface area (Å²) in [7, 11) is 3.18. The van der Waals surface area contributed by atoms with E-state index in [2.05, 4.69) is 20.9 Å². The Kier molecular flexibility index (Phi) is 5.72. The van der Waals surface area contributed by atoms with Crippen LogP contribution in [0.25, 0.3) is 0 Å². The maximum atomic E-state index is 12.5. The SMILES string of the molecule is COc1ccc(CNC(=O)c2nnn(C3CCNCC3)c2C)cc1OC. The number of methoxy groups -OCH3 is 2. The highest BCUT2D eigenvalue weighted by Gasteiger charge is 2.22. The van der Waals surface area contributed by atoms with Crippen LogP contribution in [0.1, 0.15) is 40.6 Å². The molecule has 1 aromatic carbocycles. The van der Waals surface area contributed by atoms with Gasteiger partial charge in [-0.1, -0.05) is 11.3 Å². The van der Waals surface area contributed by atoms with Crippen LogP contribution in [0.5, 0.6) is 11.5 Å². The van der Waals surface area contributed by atoms with Gasteiger partial charge < -0.3 is 20.1 Å². The molecule has 0 unspecified atom stereocenters. The lowest BCUT2D eigenvalue weighted by molar-refractivity contribution is 0.0945. The van der Waals surface area contributed by atoms with Crippen LogP contribution in [-0.4, -0.2) is 48.2 Å². The van der Waals surface area contributed by atoms with Gasteiger partial charge in [-0.05, 0) is 50.6 Å². The molecule has 1 fully saturated rings. The van der Waals surface area contributed by atoms with Crippen molar-refractivity contribution in [2.24, 2.45) is 0 Å². The Bertz CT molecular complexity index is 768. The summed E-state index contributed by atoms with van der Waals surface area (Å²) in [4.78, 5) is 12.5. The van der Waals surface area contributed by atoms with Crippen LogP contribution in [0.2, 0.25) is 0 Å². The molecule has 1 aliphatic rings. The summed E-state index contributed by atoms with van der Waals surface area (Å²) in [5.41, 5.74) is 2.10. The van der Waals surface area contributed by atoms with Gasteiger partial charge in [-0.3, -0.25) is 4.79 Å². The van der Waals surface area contributed by atoms with Crippen molar-refractivity contribution < 1.29 is 14.3 Å². The Hall–Kier alpha value is -2.61. The second-order valence-corrected chi connectivity index (χ2v) is 6.32. The Morgan fingerprint density at radius 2 is 2.00 bits per heavy atom. The van der Waals surface area contributed by atoms with E-state index in [4.69, 9.17) is 9.47 Å². The van der Waals surface area contributed by atoms with Gasteiger partial charge in [-0.15, -0.1) is 5.10 Å². The molecule has 0 atom stereocenters. The topological polar surface area (TPSA) is 90.3 Å². The number of ether oxygens (including phenoxy) is 2. The van der Waals surface area contributed by atoms with E-state index in [1.807, 2.05) is 29.8 Å². The molecular weight excluding hydrogens is 334 g/mol. The van der Waals surface area contributed by atoms with Crippen LogP contribution in [0, 0.1) is 6.92 Å². The summed E-state index contributed by atoms with van der Waals surface area (Å²) in [5.74, 6) is 1.06. The normalized spacial score (nSPS) is 14.9. The van der Waals surface area contributed by atoms with E-state index in [0.717, 1.165) is 37.2 Å². The van der Waals surface area contributed by atoms with Crippen molar-refractivity contribution in [3.63, 3.8) is 0 Å². The molecule has 2 heterocycles. The minimum atomic E-state index is -0.225. The minimum absolute atomic E-state index is 0.225. The van der Waals surface area contributed by atoms with Crippen molar-refractivity contribution in [2.75, 3.05) is 27.3 Å². The molecule has 2 aromatic rings. The molecular formula is C18H25N5O3. The van der Waals surface area contributed by atoms with Crippen molar-refractivity contribution in [3.05, 3.63) is 35.2 Å². The summed E-state index contributed by atoms with van der Waals surface area (Å²) in [6, 6.07) is 5.85. The number of hydrogen-bond acceptors (Lipinski definition) is 6. The molecule has 0 aliphatic carbocycles. The van der Waals surface area contributed by atoms with Crippen LogP contribution >= 0.6 is 0 Å². The first-order valence-electron chi connectivity index (χ1n) is 8.75. The third-order valence-electron chi connectivity index (χ3n) is 4.70. The smallest absolute Gasteiger partial charge is 0.274 e. The van der Waals surface area contributed by atoms with Gasteiger partial charge in [-0.25, -0.2) is 4.68 Å². The quantitative estimate of drug-likeness (QED) is 0.811. The highest BCUT2D eigenvalue weighted by Crippen LogP contribution is 2.27. The van der Waals surface area contributed by atoms with E-state index in [1.54, 1.807) is 14.2 Å². The van der Waals surface area contributed by atoms with Gasteiger partial charge in [-0.2, -0.15) is 0 Å². The van der Waals surface area contributed by atoms with Crippen molar-refractivity contribution in [1.82, 2.24) is 25.6 Å². The van der Waals surface area contributed by atoms with Gasteiger partial charge in [0.25, 0.3) is 5.91 Å². The highest BCUT2D eigenvalue weighted by atomic mass is 16.5. The molecule has 0 radical (unpaired) electrons. The number of nitrogens with zero attached hydrogens (tertiary/aromatic N) is 3. The summed E-state index contributed by atoms with van der Waals surface area (Å²) in [5, 5.41) is 14.5. The fraction of sp³-hybridized carbons (Fsp3) is 0.500. The third-order valence-corrected chi connectivity index (χ3v) is 4.70. The molecule has 0 bridgehead atoms. The van der Waals surface area contributed by atoms with Crippen molar-refractivity contribution in [3.8, 4) is 11.5 Å². The maximum Gasteiger partial charge on any atom is 0.274 e. The Morgan fingerprint density at radius 3 is 2.69 bits per heavy atom. The molecule has 26 heavy (non-hydrogen) atoms.